The number of rotatable bonds is 0. The molecular formula is C9H6ClFN2. The Bertz CT molecular complexity index is 470. The van der Waals surface area contributed by atoms with Gasteiger partial charge in [-0.3, -0.25) is 0 Å². The van der Waals surface area contributed by atoms with Gasteiger partial charge in [-0.1, -0.05) is 11.6 Å². The molecule has 0 N–H and O–H groups in total. The van der Waals surface area contributed by atoms with Crippen LogP contribution in [0.4, 0.5) is 4.39 Å². The van der Waals surface area contributed by atoms with E-state index in [4.69, 9.17) is 11.6 Å². The van der Waals surface area contributed by atoms with Gasteiger partial charge in [0.1, 0.15) is 17.3 Å². The van der Waals surface area contributed by atoms with Crippen LogP contribution < -0.4 is 0 Å². The van der Waals surface area contributed by atoms with Crippen LogP contribution in [-0.2, 0) is 0 Å². The maximum absolute atomic E-state index is 13.0. The molecule has 0 amide bonds. The van der Waals surface area contributed by atoms with Crippen LogP contribution in [0.2, 0.25) is 5.15 Å². The topological polar surface area (TPSA) is 25.8 Å². The van der Waals surface area contributed by atoms with Crippen molar-refractivity contribution in [2.75, 3.05) is 0 Å². The molecule has 4 heteroatoms. The van der Waals surface area contributed by atoms with Gasteiger partial charge in [0.25, 0.3) is 0 Å². The first-order valence-electron chi connectivity index (χ1n) is 3.75. The van der Waals surface area contributed by atoms with E-state index in [1.165, 1.54) is 18.5 Å². The normalized spacial score (nSPS) is 10.7. The Labute approximate surface area is 79.4 Å². The van der Waals surface area contributed by atoms with E-state index >= 15 is 0 Å². The van der Waals surface area contributed by atoms with Crippen LogP contribution in [0.15, 0.2) is 18.5 Å². The molecule has 0 aliphatic carbocycles. The van der Waals surface area contributed by atoms with Gasteiger partial charge in [-0.15, -0.1) is 0 Å². The Kier molecular flexibility index (Phi) is 1.88. The summed E-state index contributed by atoms with van der Waals surface area (Å²) in [6, 6.07) is 2.76. The van der Waals surface area contributed by atoms with Crippen molar-refractivity contribution in [3.05, 3.63) is 35.0 Å². The minimum absolute atomic E-state index is 0.285. The van der Waals surface area contributed by atoms with Crippen molar-refractivity contribution in [3.8, 4) is 0 Å². The van der Waals surface area contributed by atoms with E-state index in [2.05, 4.69) is 9.97 Å². The van der Waals surface area contributed by atoms with Crippen LogP contribution in [0.1, 0.15) is 5.56 Å². The lowest BCUT2D eigenvalue weighted by molar-refractivity contribution is 0.628. The molecule has 1 aromatic carbocycles. The van der Waals surface area contributed by atoms with Gasteiger partial charge in [-0.05, 0) is 24.6 Å². The van der Waals surface area contributed by atoms with E-state index in [9.17, 15) is 4.39 Å². The van der Waals surface area contributed by atoms with Crippen molar-refractivity contribution in [1.29, 1.82) is 0 Å². The molecule has 2 nitrogen and oxygen atoms in total. The van der Waals surface area contributed by atoms with Gasteiger partial charge in [0, 0.05) is 5.39 Å². The summed E-state index contributed by atoms with van der Waals surface area (Å²) in [6.07, 6.45) is 1.37. The monoisotopic (exact) mass is 196 g/mol. The zero-order chi connectivity index (χ0) is 9.42. The molecule has 0 atom stereocenters. The third kappa shape index (κ3) is 1.35. The number of benzene rings is 1. The van der Waals surface area contributed by atoms with E-state index in [-0.39, 0.29) is 11.0 Å². The number of halogens is 2. The predicted octanol–water partition coefficient (Wildman–Crippen LogP) is 2.73. The first-order chi connectivity index (χ1) is 6.18. The van der Waals surface area contributed by atoms with Crippen LogP contribution in [0.5, 0.6) is 0 Å². The van der Waals surface area contributed by atoms with E-state index in [1.807, 2.05) is 0 Å². The van der Waals surface area contributed by atoms with Gasteiger partial charge in [0.05, 0.1) is 5.52 Å². The van der Waals surface area contributed by atoms with E-state index in [0.717, 1.165) is 5.56 Å². The molecular weight excluding hydrogens is 191 g/mol. The largest absolute Gasteiger partial charge is 0.236 e. The number of hydrogen-bond acceptors (Lipinski definition) is 2. The highest BCUT2D eigenvalue weighted by atomic mass is 35.5. The highest BCUT2D eigenvalue weighted by molar-refractivity contribution is 6.34. The molecule has 66 valence electrons. The number of fused-ring (bicyclic) bond motifs is 1. The van der Waals surface area contributed by atoms with Gasteiger partial charge >= 0.3 is 0 Å². The van der Waals surface area contributed by atoms with E-state index < -0.39 is 0 Å². The fourth-order valence-corrected chi connectivity index (χ4v) is 1.46. The molecule has 0 spiro atoms. The Hall–Kier alpha value is -1.22. The summed E-state index contributed by atoms with van der Waals surface area (Å²) in [6.45, 7) is 1.79. The highest BCUT2D eigenvalue weighted by Crippen LogP contribution is 2.22. The van der Waals surface area contributed by atoms with Crippen molar-refractivity contribution >= 4 is 22.5 Å². The summed E-state index contributed by atoms with van der Waals surface area (Å²) in [5.74, 6) is -0.318. The van der Waals surface area contributed by atoms with Crippen LogP contribution in [-0.4, -0.2) is 9.97 Å². The fourth-order valence-electron chi connectivity index (χ4n) is 1.27. The van der Waals surface area contributed by atoms with E-state index in [1.54, 1.807) is 6.92 Å². The van der Waals surface area contributed by atoms with Crippen LogP contribution in [0.25, 0.3) is 10.9 Å². The SMILES string of the molecule is Cc1cc(F)cc2c(Cl)ncnc12. The van der Waals surface area contributed by atoms with Crippen molar-refractivity contribution in [3.63, 3.8) is 0 Å². The maximum atomic E-state index is 13.0. The molecule has 1 heterocycles. The van der Waals surface area contributed by atoms with Gasteiger partial charge < -0.3 is 0 Å². The van der Waals surface area contributed by atoms with E-state index in [0.29, 0.717) is 10.9 Å². The van der Waals surface area contributed by atoms with Crippen LogP contribution >= 0.6 is 11.6 Å². The fraction of sp³-hybridized carbons (Fsp3) is 0.111. The first kappa shape index (κ1) is 8.38. The molecule has 0 aliphatic heterocycles. The lowest BCUT2D eigenvalue weighted by Gasteiger charge is -2.01. The maximum Gasteiger partial charge on any atom is 0.140 e. The molecule has 0 bridgehead atoms. The Morgan fingerprint density at radius 3 is 2.85 bits per heavy atom. The third-order valence-electron chi connectivity index (χ3n) is 1.85. The molecule has 0 saturated carbocycles. The minimum Gasteiger partial charge on any atom is -0.236 e. The van der Waals surface area contributed by atoms with Gasteiger partial charge in [0.2, 0.25) is 0 Å². The molecule has 2 aromatic rings. The summed E-state index contributed by atoms with van der Waals surface area (Å²) in [7, 11) is 0. The Morgan fingerprint density at radius 2 is 2.08 bits per heavy atom. The van der Waals surface area contributed by atoms with Crippen molar-refractivity contribution in [2.45, 2.75) is 6.92 Å². The molecule has 0 radical (unpaired) electrons. The van der Waals surface area contributed by atoms with Gasteiger partial charge in [-0.25, -0.2) is 14.4 Å². The second-order valence-corrected chi connectivity index (χ2v) is 3.14. The summed E-state index contributed by atoms with van der Waals surface area (Å²) in [5.41, 5.74) is 1.46. The second kappa shape index (κ2) is 2.92. The third-order valence-corrected chi connectivity index (χ3v) is 2.15. The number of nitrogens with zero attached hydrogens (tertiary/aromatic N) is 2. The number of hydrogen-bond donors (Lipinski definition) is 0. The van der Waals surface area contributed by atoms with Crippen molar-refractivity contribution < 1.29 is 4.39 Å². The van der Waals surface area contributed by atoms with Gasteiger partial charge in [-0.2, -0.15) is 0 Å². The predicted molar refractivity (Wildman–Crippen MR) is 49.2 cm³/mol. The second-order valence-electron chi connectivity index (χ2n) is 2.78. The van der Waals surface area contributed by atoms with Gasteiger partial charge in [0.15, 0.2) is 0 Å². The first-order valence-corrected chi connectivity index (χ1v) is 4.12. The summed E-state index contributed by atoms with van der Waals surface area (Å²) in [5, 5.41) is 0.842. The highest BCUT2D eigenvalue weighted by Gasteiger charge is 2.05. The lowest BCUT2D eigenvalue weighted by Crippen LogP contribution is -1.88. The van der Waals surface area contributed by atoms with Crippen LogP contribution in [0.3, 0.4) is 0 Å². The standard InChI is InChI=1S/C9H6ClFN2/c1-5-2-6(11)3-7-8(5)12-4-13-9(7)10/h2-4H,1H3. The van der Waals surface area contributed by atoms with Crippen molar-refractivity contribution in [2.24, 2.45) is 0 Å². The Morgan fingerprint density at radius 1 is 1.31 bits per heavy atom. The van der Waals surface area contributed by atoms with Crippen LogP contribution in [0, 0.1) is 12.7 Å². The number of aryl methyl sites for hydroxylation is 1. The average Bonchev–Trinajstić information content (AvgIpc) is 2.07. The zero-order valence-electron chi connectivity index (χ0n) is 6.88. The quantitative estimate of drug-likeness (QED) is 0.606. The smallest absolute Gasteiger partial charge is 0.140 e. The minimum atomic E-state index is -0.318. The molecule has 13 heavy (non-hydrogen) atoms. The average molecular weight is 197 g/mol. The molecule has 0 unspecified atom stereocenters. The molecule has 0 fully saturated rings. The molecule has 0 saturated heterocycles. The van der Waals surface area contributed by atoms with Crippen molar-refractivity contribution in [1.82, 2.24) is 9.97 Å². The Balaban J connectivity index is 2.94. The summed E-state index contributed by atoms with van der Waals surface area (Å²) in [4.78, 5) is 7.80. The molecule has 1 aromatic heterocycles. The summed E-state index contributed by atoms with van der Waals surface area (Å²) >= 11 is 5.78. The molecule has 0 aliphatic rings. The molecule has 2 rings (SSSR count). The zero-order valence-corrected chi connectivity index (χ0v) is 7.64. The summed E-state index contributed by atoms with van der Waals surface area (Å²) < 4.78 is 13.0. The lowest BCUT2D eigenvalue weighted by atomic mass is 10.1. The number of aromatic nitrogens is 2.